The van der Waals surface area contributed by atoms with Crippen LogP contribution in [-0.4, -0.2) is 44.6 Å². The van der Waals surface area contributed by atoms with Gasteiger partial charge in [-0.15, -0.1) is 0 Å². The highest BCUT2D eigenvalue weighted by molar-refractivity contribution is 5.92. The van der Waals surface area contributed by atoms with E-state index in [-0.39, 0.29) is 0 Å². The molecule has 1 fully saturated rings. The lowest BCUT2D eigenvalue weighted by molar-refractivity contribution is 0.112. The molecule has 0 unspecified atom stereocenters. The number of nitrogens with zero attached hydrogens (tertiary/aromatic N) is 3. The van der Waals surface area contributed by atoms with Gasteiger partial charge in [0.25, 0.3) is 0 Å². The third-order valence-electron chi connectivity index (χ3n) is 4.86. The van der Waals surface area contributed by atoms with E-state index in [4.69, 9.17) is 9.72 Å². The van der Waals surface area contributed by atoms with Gasteiger partial charge in [0.2, 0.25) is 0 Å². The highest BCUT2D eigenvalue weighted by Gasteiger charge is 2.21. The van der Waals surface area contributed by atoms with Crippen LogP contribution >= 0.6 is 0 Å². The van der Waals surface area contributed by atoms with E-state index in [9.17, 15) is 4.79 Å². The van der Waals surface area contributed by atoms with Gasteiger partial charge in [-0.25, -0.2) is 4.98 Å². The summed E-state index contributed by atoms with van der Waals surface area (Å²) in [6.45, 7) is 3.49. The summed E-state index contributed by atoms with van der Waals surface area (Å²) < 4.78 is 5.26. The molecular weight excluding hydrogens is 326 g/mol. The number of piperazine rings is 1. The molecule has 0 amide bonds. The first kappa shape index (κ1) is 16.4. The fraction of sp³-hybridized carbons (Fsp3) is 0.238. The van der Waals surface area contributed by atoms with Gasteiger partial charge in [-0.05, 0) is 36.4 Å². The Bertz CT molecular complexity index is 919. The zero-order valence-electron chi connectivity index (χ0n) is 14.8. The minimum atomic E-state index is 0.624. The largest absolute Gasteiger partial charge is 0.497 e. The number of anilines is 2. The quantitative estimate of drug-likeness (QED) is 0.677. The summed E-state index contributed by atoms with van der Waals surface area (Å²) in [7, 11) is 1.63. The monoisotopic (exact) mass is 347 g/mol. The molecule has 0 atom stereocenters. The number of methoxy groups -OCH3 is 1. The van der Waals surface area contributed by atoms with E-state index in [0.29, 0.717) is 5.56 Å². The van der Waals surface area contributed by atoms with Crippen molar-refractivity contribution in [3.8, 4) is 5.75 Å². The number of hydrogen-bond acceptors (Lipinski definition) is 5. The average Bonchev–Trinajstić information content (AvgIpc) is 2.73. The molecule has 0 spiro atoms. The number of carbonyl (C=O) groups excluding carboxylic acids is 1. The Labute approximate surface area is 152 Å². The standard InChI is InChI=1S/C21H21N3O2/c1-26-19-7-8-20-16(14-19)13-17(15-25)21(22-20)24-11-9-23(10-12-24)18-5-3-2-4-6-18/h2-8,13-15H,9-12H2,1H3. The van der Waals surface area contributed by atoms with Gasteiger partial charge in [0.05, 0.1) is 18.2 Å². The maximum atomic E-state index is 11.6. The van der Waals surface area contributed by atoms with Crippen molar-refractivity contribution in [2.24, 2.45) is 0 Å². The van der Waals surface area contributed by atoms with Crippen LogP contribution in [0.1, 0.15) is 10.4 Å². The summed E-state index contributed by atoms with van der Waals surface area (Å²) in [4.78, 5) is 21.0. The van der Waals surface area contributed by atoms with Crippen LogP contribution in [0.5, 0.6) is 5.75 Å². The normalized spacial score (nSPS) is 14.5. The maximum Gasteiger partial charge on any atom is 0.153 e. The molecule has 3 aromatic rings. The Balaban J connectivity index is 1.59. The molecule has 4 rings (SSSR count). The van der Waals surface area contributed by atoms with Gasteiger partial charge in [-0.1, -0.05) is 18.2 Å². The minimum Gasteiger partial charge on any atom is -0.497 e. The lowest BCUT2D eigenvalue weighted by atomic mass is 10.1. The third kappa shape index (κ3) is 3.08. The van der Waals surface area contributed by atoms with Crippen LogP contribution in [0.4, 0.5) is 11.5 Å². The average molecular weight is 347 g/mol. The van der Waals surface area contributed by atoms with E-state index in [1.165, 1.54) is 5.69 Å². The Morgan fingerprint density at radius 1 is 0.962 bits per heavy atom. The SMILES string of the molecule is COc1ccc2nc(N3CCN(c4ccccc4)CC3)c(C=O)cc2c1. The second kappa shape index (κ2) is 7.04. The van der Waals surface area contributed by atoms with Gasteiger partial charge in [0.15, 0.2) is 6.29 Å². The van der Waals surface area contributed by atoms with Gasteiger partial charge in [0, 0.05) is 37.3 Å². The number of hydrogen-bond donors (Lipinski definition) is 0. The van der Waals surface area contributed by atoms with Crippen LogP contribution in [0.15, 0.2) is 54.6 Å². The van der Waals surface area contributed by atoms with Crippen LogP contribution in [0.2, 0.25) is 0 Å². The van der Waals surface area contributed by atoms with Gasteiger partial charge < -0.3 is 14.5 Å². The van der Waals surface area contributed by atoms with E-state index in [0.717, 1.165) is 54.9 Å². The number of ether oxygens (including phenoxy) is 1. The molecule has 2 aromatic carbocycles. The molecule has 1 aromatic heterocycles. The van der Waals surface area contributed by atoms with Crippen molar-refractivity contribution in [2.75, 3.05) is 43.1 Å². The molecule has 0 saturated carbocycles. The van der Waals surface area contributed by atoms with Crippen LogP contribution in [-0.2, 0) is 0 Å². The number of benzene rings is 2. The molecule has 1 aliphatic rings. The fourth-order valence-corrected chi connectivity index (χ4v) is 3.44. The number of aldehydes is 1. The smallest absolute Gasteiger partial charge is 0.153 e. The predicted octanol–water partition coefficient (Wildman–Crippen LogP) is 3.38. The first-order valence-corrected chi connectivity index (χ1v) is 8.77. The Morgan fingerprint density at radius 3 is 2.38 bits per heavy atom. The molecule has 0 bridgehead atoms. The summed E-state index contributed by atoms with van der Waals surface area (Å²) >= 11 is 0. The second-order valence-corrected chi connectivity index (χ2v) is 6.39. The van der Waals surface area contributed by atoms with Gasteiger partial charge in [0.1, 0.15) is 11.6 Å². The summed E-state index contributed by atoms with van der Waals surface area (Å²) in [5, 5.41) is 0.915. The zero-order valence-corrected chi connectivity index (χ0v) is 14.8. The fourth-order valence-electron chi connectivity index (χ4n) is 3.44. The van der Waals surface area contributed by atoms with Gasteiger partial charge in [-0.2, -0.15) is 0 Å². The summed E-state index contributed by atoms with van der Waals surface area (Å²) in [6.07, 6.45) is 0.894. The second-order valence-electron chi connectivity index (χ2n) is 6.39. The molecule has 132 valence electrons. The van der Waals surface area contributed by atoms with Crippen molar-refractivity contribution in [1.82, 2.24) is 4.98 Å². The molecule has 0 radical (unpaired) electrons. The van der Waals surface area contributed by atoms with Crippen molar-refractivity contribution < 1.29 is 9.53 Å². The number of para-hydroxylation sites is 1. The van der Waals surface area contributed by atoms with Gasteiger partial charge >= 0.3 is 0 Å². The van der Waals surface area contributed by atoms with Crippen molar-refractivity contribution >= 4 is 28.7 Å². The predicted molar refractivity (Wildman–Crippen MR) is 105 cm³/mol. The van der Waals surface area contributed by atoms with E-state index in [1.807, 2.05) is 30.3 Å². The first-order chi connectivity index (χ1) is 12.8. The number of fused-ring (bicyclic) bond motifs is 1. The van der Waals surface area contributed by atoms with Crippen LogP contribution in [0, 0.1) is 0 Å². The molecule has 1 aliphatic heterocycles. The molecule has 5 heteroatoms. The lowest BCUT2D eigenvalue weighted by Crippen LogP contribution is -2.47. The summed E-state index contributed by atoms with van der Waals surface area (Å²) in [5.74, 6) is 1.53. The topological polar surface area (TPSA) is 45.7 Å². The summed E-state index contributed by atoms with van der Waals surface area (Å²) in [5.41, 5.74) is 2.73. The highest BCUT2D eigenvalue weighted by atomic mass is 16.5. The third-order valence-corrected chi connectivity index (χ3v) is 4.86. The van der Waals surface area contributed by atoms with Crippen molar-refractivity contribution in [3.63, 3.8) is 0 Å². The Hall–Kier alpha value is -3.08. The molecule has 2 heterocycles. The van der Waals surface area contributed by atoms with E-state index in [1.54, 1.807) is 7.11 Å². The van der Waals surface area contributed by atoms with Crippen LogP contribution in [0.3, 0.4) is 0 Å². The van der Waals surface area contributed by atoms with E-state index < -0.39 is 0 Å². The highest BCUT2D eigenvalue weighted by Crippen LogP contribution is 2.27. The minimum absolute atomic E-state index is 0.624. The molecular formula is C21H21N3O2. The van der Waals surface area contributed by atoms with Crippen LogP contribution < -0.4 is 14.5 Å². The van der Waals surface area contributed by atoms with Crippen molar-refractivity contribution in [3.05, 3.63) is 60.2 Å². The number of aromatic nitrogens is 1. The van der Waals surface area contributed by atoms with E-state index in [2.05, 4.69) is 34.1 Å². The Kier molecular flexibility index (Phi) is 4.44. The van der Waals surface area contributed by atoms with E-state index >= 15 is 0 Å². The number of pyridine rings is 1. The summed E-state index contributed by atoms with van der Waals surface area (Å²) in [6, 6.07) is 18.1. The molecule has 26 heavy (non-hydrogen) atoms. The Morgan fingerprint density at radius 2 is 1.69 bits per heavy atom. The lowest BCUT2D eigenvalue weighted by Gasteiger charge is -2.37. The first-order valence-electron chi connectivity index (χ1n) is 8.77. The number of rotatable bonds is 4. The maximum absolute atomic E-state index is 11.6. The zero-order chi connectivity index (χ0) is 17.9. The molecule has 0 N–H and O–H groups in total. The van der Waals surface area contributed by atoms with Crippen LogP contribution in [0.25, 0.3) is 10.9 Å². The van der Waals surface area contributed by atoms with Crippen molar-refractivity contribution in [1.29, 1.82) is 0 Å². The molecule has 1 saturated heterocycles. The van der Waals surface area contributed by atoms with Crippen molar-refractivity contribution in [2.45, 2.75) is 0 Å². The van der Waals surface area contributed by atoms with Gasteiger partial charge in [-0.3, -0.25) is 4.79 Å². The number of carbonyl (C=O) groups is 1. The molecule has 0 aliphatic carbocycles. The molecule has 5 nitrogen and oxygen atoms in total.